The van der Waals surface area contributed by atoms with Crippen molar-refractivity contribution in [3.63, 3.8) is 0 Å². The number of phosphoric ester groups is 1. The number of allylic oxidation sites excluding steroid dienone is 7. The van der Waals surface area contributed by atoms with Crippen molar-refractivity contribution in [2.75, 3.05) is 40.9 Å². The van der Waals surface area contributed by atoms with Gasteiger partial charge in [-0.2, -0.15) is 0 Å². The van der Waals surface area contributed by atoms with Crippen molar-refractivity contribution in [1.82, 2.24) is 5.32 Å². The number of quaternary nitrogens is 1. The third-order valence-electron chi connectivity index (χ3n) is 17.5. The van der Waals surface area contributed by atoms with Gasteiger partial charge in [-0.05, 0) is 70.6 Å². The predicted octanol–water partition coefficient (Wildman–Crippen LogP) is 24.6. The molecule has 0 aliphatic heterocycles. The Labute approximate surface area is 537 Å². The van der Waals surface area contributed by atoms with E-state index in [-0.39, 0.29) is 19.1 Å². The van der Waals surface area contributed by atoms with E-state index < -0.39 is 20.0 Å². The number of amides is 1. The number of nitrogens with zero attached hydrogens (tertiary/aromatic N) is 1. The topological polar surface area (TPSA) is 105 Å². The first-order valence-electron chi connectivity index (χ1n) is 38.0. The van der Waals surface area contributed by atoms with Crippen LogP contribution < -0.4 is 5.32 Å². The van der Waals surface area contributed by atoms with Crippen LogP contribution in [0.25, 0.3) is 0 Å². The number of hydrogen-bond donors (Lipinski definition) is 3. The van der Waals surface area contributed by atoms with Crippen LogP contribution in [0.3, 0.4) is 0 Å². The molecule has 0 saturated carbocycles. The maximum atomic E-state index is 13.1. The smallest absolute Gasteiger partial charge is 0.387 e. The normalized spacial score (nSPS) is 13.8. The van der Waals surface area contributed by atoms with E-state index in [0.29, 0.717) is 17.4 Å². The first-order chi connectivity index (χ1) is 42.0. The van der Waals surface area contributed by atoms with E-state index >= 15 is 0 Å². The molecule has 8 nitrogen and oxygen atoms in total. The van der Waals surface area contributed by atoms with Crippen molar-refractivity contribution in [2.24, 2.45) is 0 Å². The van der Waals surface area contributed by atoms with Crippen molar-refractivity contribution < 1.29 is 32.9 Å². The van der Waals surface area contributed by atoms with Gasteiger partial charge in [0.2, 0.25) is 5.91 Å². The molecular weight excluding hydrogens is 1080 g/mol. The van der Waals surface area contributed by atoms with Crippen molar-refractivity contribution in [3.05, 3.63) is 48.6 Å². The number of aliphatic hydroxyl groups excluding tert-OH is 1. The highest BCUT2D eigenvalue weighted by Crippen LogP contribution is 2.43. The summed E-state index contributed by atoms with van der Waals surface area (Å²) in [6, 6.07) is -0.870. The lowest BCUT2D eigenvalue weighted by Crippen LogP contribution is -2.45. The van der Waals surface area contributed by atoms with Crippen LogP contribution in [0.1, 0.15) is 386 Å². The fourth-order valence-electron chi connectivity index (χ4n) is 11.6. The first-order valence-corrected chi connectivity index (χ1v) is 39.5. The fraction of sp³-hybridized carbons (Fsp3) is 0.883. The summed E-state index contributed by atoms with van der Waals surface area (Å²) in [7, 11) is 1.56. The molecule has 1 amide bonds. The Kier molecular flexibility index (Phi) is 66.6. The number of aliphatic hydroxyl groups is 1. The Morgan fingerprint density at radius 3 is 0.930 bits per heavy atom. The average molecular weight is 1230 g/mol. The number of carbonyl (C=O) groups is 1. The maximum Gasteiger partial charge on any atom is 0.472 e. The first kappa shape index (κ1) is 84.5. The lowest BCUT2D eigenvalue weighted by atomic mass is 10.0. The van der Waals surface area contributed by atoms with Gasteiger partial charge in [-0.15, -0.1) is 0 Å². The third kappa shape index (κ3) is 69.9. The molecule has 9 heteroatoms. The number of unbranched alkanes of at least 4 members (excludes halogenated alkanes) is 52. The Hall–Kier alpha value is -1.54. The van der Waals surface area contributed by atoms with Crippen LogP contribution in [0.4, 0.5) is 0 Å². The fourth-order valence-corrected chi connectivity index (χ4v) is 12.3. The summed E-state index contributed by atoms with van der Waals surface area (Å²) in [5.74, 6) is -0.183. The van der Waals surface area contributed by atoms with Gasteiger partial charge in [0.25, 0.3) is 0 Å². The van der Waals surface area contributed by atoms with Crippen LogP contribution in [0, 0.1) is 0 Å². The van der Waals surface area contributed by atoms with E-state index in [4.69, 9.17) is 9.05 Å². The lowest BCUT2D eigenvalue weighted by Gasteiger charge is -2.25. The molecule has 0 aliphatic rings. The average Bonchev–Trinajstić information content (AvgIpc) is 3.70. The van der Waals surface area contributed by atoms with E-state index in [9.17, 15) is 19.4 Å². The molecule has 0 aromatic carbocycles. The number of likely N-dealkylation sites (N-methyl/N-ethyl adjacent to an activating group) is 1. The molecule has 0 spiro atoms. The zero-order valence-corrected chi connectivity index (χ0v) is 59.2. The minimum Gasteiger partial charge on any atom is -0.387 e. The second kappa shape index (κ2) is 67.8. The molecule has 0 radical (unpaired) electrons. The minimum atomic E-state index is -4.37. The molecule has 0 aromatic rings. The number of rotatable bonds is 71. The van der Waals surface area contributed by atoms with Gasteiger partial charge in [0.1, 0.15) is 13.2 Å². The van der Waals surface area contributed by atoms with Gasteiger partial charge < -0.3 is 19.8 Å². The van der Waals surface area contributed by atoms with E-state index in [2.05, 4.69) is 55.6 Å². The molecule has 3 unspecified atom stereocenters. The molecule has 0 aliphatic carbocycles. The molecule has 0 rings (SSSR count). The van der Waals surface area contributed by atoms with Crippen molar-refractivity contribution >= 4 is 13.7 Å². The number of phosphoric acid groups is 1. The van der Waals surface area contributed by atoms with E-state index in [0.717, 1.165) is 44.9 Å². The molecule has 0 fully saturated rings. The van der Waals surface area contributed by atoms with Crippen LogP contribution in [0.15, 0.2) is 48.6 Å². The van der Waals surface area contributed by atoms with Crippen molar-refractivity contribution in [3.8, 4) is 0 Å². The van der Waals surface area contributed by atoms with Crippen LogP contribution in [-0.4, -0.2) is 73.4 Å². The Morgan fingerprint density at radius 2 is 0.640 bits per heavy atom. The Bertz CT molecular complexity index is 1540. The van der Waals surface area contributed by atoms with Gasteiger partial charge in [-0.3, -0.25) is 13.8 Å². The predicted molar refractivity (Wildman–Crippen MR) is 378 cm³/mol. The summed E-state index contributed by atoms with van der Waals surface area (Å²) in [6.45, 7) is 4.84. The highest BCUT2D eigenvalue weighted by molar-refractivity contribution is 7.47. The van der Waals surface area contributed by atoms with Gasteiger partial charge in [-0.1, -0.05) is 358 Å². The van der Waals surface area contributed by atoms with E-state index in [1.807, 2.05) is 27.2 Å². The second-order valence-corrected chi connectivity index (χ2v) is 28.8. The third-order valence-corrected chi connectivity index (χ3v) is 18.5. The van der Waals surface area contributed by atoms with Gasteiger partial charge in [0, 0.05) is 6.42 Å². The molecule has 3 atom stereocenters. The molecule has 0 saturated heterocycles. The SMILES string of the molecule is CCCCCCCCCC/C=C\CCCCCCCCCCCCCCCCCCCCCCCCCCCCCCCC(=O)NC(COP(=O)(O)OCC[N+](C)(C)C)C(O)/C=C/CC/C=C/CC/C=C/CCCCCCCCCCCCCCC. The van der Waals surface area contributed by atoms with Crippen LogP contribution in [0.5, 0.6) is 0 Å². The molecule has 508 valence electrons. The molecule has 3 N–H and O–H groups in total. The molecule has 86 heavy (non-hydrogen) atoms. The number of carbonyl (C=O) groups excluding carboxylic acids is 1. The standard InChI is InChI=1S/C77H149N2O6P/c1-6-8-10-12-14-16-18-20-22-24-26-28-30-31-32-33-34-35-36-37-38-39-40-41-42-43-44-45-46-47-49-51-53-55-57-59-61-63-65-67-69-71-77(81)78-75(74-85-86(82,83)84-73-72-79(3,4)5)76(80)70-68-66-64-62-60-58-56-54-52-50-48-29-27-25-23-21-19-17-15-13-11-9-7-2/h24,26,52,54,60,62,68,70,75-76,80H,6-23,25,27-51,53,55-59,61,63-67,69,71-74H2,1-5H3,(H-,78,81,82,83)/p+1/b26-24-,54-52+,62-60+,70-68+. The summed E-state index contributed by atoms with van der Waals surface area (Å²) < 4.78 is 23.8. The van der Waals surface area contributed by atoms with E-state index in [1.165, 1.54) is 321 Å². The van der Waals surface area contributed by atoms with Gasteiger partial charge in [-0.25, -0.2) is 4.57 Å². The highest BCUT2D eigenvalue weighted by Gasteiger charge is 2.28. The van der Waals surface area contributed by atoms with Crippen molar-refractivity contribution in [2.45, 2.75) is 398 Å². The number of nitrogens with one attached hydrogen (secondary N) is 1. The summed E-state index contributed by atoms with van der Waals surface area (Å²) in [6.07, 6.45) is 93.1. The van der Waals surface area contributed by atoms with Crippen molar-refractivity contribution in [1.29, 1.82) is 0 Å². The highest BCUT2D eigenvalue weighted by atomic mass is 31.2. The van der Waals surface area contributed by atoms with Crippen LogP contribution >= 0.6 is 7.82 Å². The summed E-state index contributed by atoms with van der Waals surface area (Å²) >= 11 is 0. The van der Waals surface area contributed by atoms with E-state index in [1.54, 1.807) is 6.08 Å². The van der Waals surface area contributed by atoms with Gasteiger partial charge in [0.15, 0.2) is 0 Å². The summed E-state index contributed by atoms with van der Waals surface area (Å²) in [4.78, 5) is 23.4. The van der Waals surface area contributed by atoms with Crippen LogP contribution in [0.2, 0.25) is 0 Å². The maximum absolute atomic E-state index is 13.1. The quantitative estimate of drug-likeness (QED) is 0.0243. The molecule has 0 heterocycles. The molecule has 0 aromatic heterocycles. The molecular formula is C77H150N2O6P+. The zero-order chi connectivity index (χ0) is 62.6. The summed E-state index contributed by atoms with van der Waals surface area (Å²) in [5.41, 5.74) is 0. The Morgan fingerprint density at radius 1 is 0.384 bits per heavy atom. The zero-order valence-electron chi connectivity index (χ0n) is 58.3. The largest absolute Gasteiger partial charge is 0.472 e. The van der Waals surface area contributed by atoms with Gasteiger partial charge in [0.05, 0.1) is 39.9 Å². The minimum absolute atomic E-state index is 0.0548. The lowest BCUT2D eigenvalue weighted by molar-refractivity contribution is -0.870. The van der Waals surface area contributed by atoms with Gasteiger partial charge >= 0.3 is 7.82 Å². The second-order valence-electron chi connectivity index (χ2n) is 27.4. The molecule has 0 bridgehead atoms. The number of hydrogen-bond acceptors (Lipinski definition) is 5. The van der Waals surface area contributed by atoms with Crippen LogP contribution in [-0.2, 0) is 18.4 Å². The Balaban J connectivity index is 3.94. The summed E-state index contributed by atoms with van der Waals surface area (Å²) in [5, 5.41) is 14.0. The monoisotopic (exact) mass is 1230 g/mol.